The largest absolute Gasteiger partial charge is 0.493 e. The van der Waals surface area contributed by atoms with Crippen molar-refractivity contribution in [1.82, 2.24) is 10.5 Å². The summed E-state index contributed by atoms with van der Waals surface area (Å²) < 4.78 is 15.9. The third kappa shape index (κ3) is 3.53. The highest BCUT2D eigenvalue weighted by Crippen LogP contribution is 2.35. The topological polar surface area (TPSA) is 93.8 Å². The first-order valence-electron chi connectivity index (χ1n) is 8.76. The van der Waals surface area contributed by atoms with E-state index in [9.17, 15) is 9.90 Å². The Morgan fingerprint density at radius 1 is 1.27 bits per heavy atom. The lowest BCUT2D eigenvalue weighted by Crippen LogP contribution is -2.33. The predicted octanol–water partition coefficient (Wildman–Crippen LogP) is 3.08. The molecular formula is C19H24N2O5. The number of aliphatic hydroxyl groups is 1. The van der Waals surface area contributed by atoms with E-state index >= 15 is 0 Å². The molecule has 1 aliphatic rings. The van der Waals surface area contributed by atoms with Crippen LogP contribution in [0.1, 0.15) is 54.8 Å². The molecule has 2 N–H and O–H groups in total. The van der Waals surface area contributed by atoms with Gasteiger partial charge in [-0.25, -0.2) is 0 Å². The normalized spacial score (nSPS) is 15.7. The Morgan fingerprint density at radius 2 is 1.96 bits per heavy atom. The number of ether oxygens (including phenoxy) is 2. The van der Waals surface area contributed by atoms with Gasteiger partial charge in [-0.3, -0.25) is 4.79 Å². The van der Waals surface area contributed by atoms with Crippen LogP contribution in [0.25, 0.3) is 11.3 Å². The van der Waals surface area contributed by atoms with Crippen LogP contribution in [0.15, 0.2) is 22.7 Å². The van der Waals surface area contributed by atoms with Crippen molar-refractivity contribution < 1.29 is 23.9 Å². The fourth-order valence-corrected chi connectivity index (χ4v) is 3.32. The van der Waals surface area contributed by atoms with Crippen molar-refractivity contribution in [2.24, 2.45) is 0 Å². The fourth-order valence-electron chi connectivity index (χ4n) is 3.32. The number of benzene rings is 1. The smallest absolute Gasteiger partial charge is 0.257 e. The molecule has 1 heterocycles. The molecule has 0 bridgehead atoms. The second-order valence-corrected chi connectivity index (χ2v) is 6.47. The van der Waals surface area contributed by atoms with Crippen LogP contribution in [0.4, 0.5) is 0 Å². The summed E-state index contributed by atoms with van der Waals surface area (Å²) in [7, 11) is 3.10. The third-order valence-corrected chi connectivity index (χ3v) is 4.67. The van der Waals surface area contributed by atoms with E-state index in [2.05, 4.69) is 10.5 Å². The number of amides is 1. The second kappa shape index (κ2) is 7.78. The molecule has 1 amide bonds. The number of rotatable bonds is 6. The van der Waals surface area contributed by atoms with Gasteiger partial charge in [-0.15, -0.1) is 0 Å². The van der Waals surface area contributed by atoms with Gasteiger partial charge in [-0.1, -0.05) is 18.0 Å². The summed E-state index contributed by atoms with van der Waals surface area (Å²) in [6.45, 7) is 1.55. The molecule has 7 heteroatoms. The number of hydrogen-bond acceptors (Lipinski definition) is 6. The van der Waals surface area contributed by atoms with Crippen molar-refractivity contribution in [3.8, 4) is 22.8 Å². The molecule has 1 fully saturated rings. The van der Waals surface area contributed by atoms with Crippen LogP contribution in [-0.2, 0) is 0 Å². The van der Waals surface area contributed by atoms with Gasteiger partial charge < -0.3 is 24.4 Å². The van der Waals surface area contributed by atoms with Gasteiger partial charge in [0, 0.05) is 11.6 Å². The second-order valence-electron chi connectivity index (χ2n) is 6.47. The number of hydrogen-bond donors (Lipinski definition) is 2. The molecule has 1 saturated carbocycles. The lowest BCUT2D eigenvalue weighted by Gasteiger charge is -2.13. The fraction of sp³-hybridized carbons (Fsp3) is 0.474. The maximum Gasteiger partial charge on any atom is 0.257 e. The summed E-state index contributed by atoms with van der Waals surface area (Å²) in [6, 6.07) is 5.40. The Bertz CT molecular complexity index is 778. The van der Waals surface area contributed by atoms with E-state index in [1.165, 1.54) is 0 Å². The first kappa shape index (κ1) is 18.3. The van der Waals surface area contributed by atoms with Crippen LogP contribution in [-0.4, -0.2) is 36.4 Å². The Hall–Kier alpha value is -2.54. The van der Waals surface area contributed by atoms with E-state index in [1.54, 1.807) is 39.3 Å². The van der Waals surface area contributed by atoms with Crippen molar-refractivity contribution in [2.75, 3.05) is 14.2 Å². The summed E-state index contributed by atoms with van der Waals surface area (Å²) in [5, 5.41) is 17.1. The Labute approximate surface area is 152 Å². The molecule has 0 radical (unpaired) electrons. The molecule has 7 nitrogen and oxygen atoms in total. The van der Waals surface area contributed by atoms with E-state index in [-0.39, 0.29) is 23.3 Å². The van der Waals surface area contributed by atoms with Crippen molar-refractivity contribution >= 4 is 5.91 Å². The highest BCUT2D eigenvalue weighted by Gasteiger charge is 2.29. The molecular weight excluding hydrogens is 336 g/mol. The maximum atomic E-state index is 12.9. The van der Waals surface area contributed by atoms with E-state index < -0.39 is 6.10 Å². The average Bonchev–Trinajstić information content (AvgIpc) is 3.30. The van der Waals surface area contributed by atoms with Gasteiger partial charge in [0.25, 0.3) is 5.91 Å². The molecule has 140 valence electrons. The van der Waals surface area contributed by atoms with Crippen molar-refractivity contribution in [1.29, 1.82) is 0 Å². The number of carbonyl (C=O) groups excluding carboxylic acids is 1. The number of methoxy groups -OCH3 is 2. The van der Waals surface area contributed by atoms with Crippen LogP contribution in [0.2, 0.25) is 0 Å². The number of aliphatic hydroxyl groups excluding tert-OH is 1. The lowest BCUT2D eigenvalue weighted by molar-refractivity contribution is 0.0925. The average molecular weight is 360 g/mol. The number of nitrogens with zero attached hydrogens (tertiary/aromatic N) is 1. The molecule has 1 unspecified atom stereocenters. The summed E-state index contributed by atoms with van der Waals surface area (Å²) >= 11 is 0. The van der Waals surface area contributed by atoms with Crippen LogP contribution >= 0.6 is 0 Å². The summed E-state index contributed by atoms with van der Waals surface area (Å²) in [4.78, 5) is 12.9. The SMILES string of the molecule is COc1ccc(-c2noc(C(C)O)c2C(=O)NC2CCCC2)cc1OC. The van der Waals surface area contributed by atoms with E-state index in [4.69, 9.17) is 14.0 Å². The Morgan fingerprint density at radius 3 is 2.58 bits per heavy atom. The summed E-state index contributed by atoms with van der Waals surface area (Å²) in [5.74, 6) is 0.977. The minimum atomic E-state index is -0.944. The highest BCUT2D eigenvalue weighted by molar-refractivity contribution is 6.01. The van der Waals surface area contributed by atoms with Gasteiger partial charge >= 0.3 is 0 Å². The van der Waals surface area contributed by atoms with Crippen molar-refractivity contribution in [3.05, 3.63) is 29.5 Å². The van der Waals surface area contributed by atoms with Gasteiger partial charge in [0.15, 0.2) is 17.3 Å². The molecule has 1 aromatic carbocycles. The van der Waals surface area contributed by atoms with Crippen molar-refractivity contribution in [3.63, 3.8) is 0 Å². The van der Waals surface area contributed by atoms with Gasteiger partial charge in [-0.05, 0) is 38.0 Å². The molecule has 3 rings (SSSR count). The van der Waals surface area contributed by atoms with Gasteiger partial charge in [0.1, 0.15) is 17.4 Å². The zero-order chi connectivity index (χ0) is 18.7. The van der Waals surface area contributed by atoms with Gasteiger partial charge in [-0.2, -0.15) is 0 Å². The molecule has 1 atom stereocenters. The van der Waals surface area contributed by atoms with E-state index in [1.807, 2.05) is 0 Å². The third-order valence-electron chi connectivity index (χ3n) is 4.67. The highest BCUT2D eigenvalue weighted by atomic mass is 16.5. The van der Waals surface area contributed by atoms with Crippen LogP contribution in [0, 0.1) is 0 Å². The standard InChI is InChI=1S/C19H24N2O5/c1-11(22)18-16(19(23)20-13-6-4-5-7-13)17(21-26-18)12-8-9-14(24-2)15(10-12)25-3/h8-11,13,22H,4-7H2,1-3H3,(H,20,23). The first-order chi connectivity index (χ1) is 12.5. The minimum Gasteiger partial charge on any atom is -0.493 e. The number of aromatic nitrogens is 1. The monoisotopic (exact) mass is 360 g/mol. The van der Waals surface area contributed by atoms with Crippen LogP contribution in [0.5, 0.6) is 11.5 Å². The predicted molar refractivity (Wildman–Crippen MR) is 95.4 cm³/mol. The Kier molecular flexibility index (Phi) is 5.46. The number of nitrogens with one attached hydrogen (secondary N) is 1. The lowest BCUT2D eigenvalue weighted by atomic mass is 10.0. The summed E-state index contributed by atoms with van der Waals surface area (Å²) in [5.41, 5.74) is 1.28. The van der Waals surface area contributed by atoms with E-state index in [0.717, 1.165) is 25.7 Å². The van der Waals surface area contributed by atoms with Gasteiger partial charge in [0.05, 0.1) is 14.2 Å². The molecule has 0 saturated heterocycles. The van der Waals surface area contributed by atoms with Crippen LogP contribution in [0.3, 0.4) is 0 Å². The molecule has 26 heavy (non-hydrogen) atoms. The molecule has 0 aliphatic heterocycles. The zero-order valence-corrected chi connectivity index (χ0v) is 15.2. The van der Waals surface area contributed by atoms with Gasteiger partial charge in [0.2, 0.25) is 0 Å². The molecule has 1 aromatic heterocycles. The summed E-state index contributed by atoms with van der Waals surface area (Å²) in [6.07, 6.45) is 3.21. The van der Waals surface area contributed by atoms with Crippen molar-refractivity contribution in [2.45, 2.75) is 44.8 Å². The zero-order valence-electron chi connectivity index (χ0n) is 15.2. The first-order valence-corrected chi connectivity index (χ1v) is 8.76. The maximum absolute atomic E-state index is 12.9. The molecule has 0 spiro atoms. The molecule has 1 aliphatic carbocycles. The van der Waals surface area contributed by atoms with Crippen LogP contribution < -0.4 is 14.8 Å². The van der Waals surface area contributed by atoms with E-state index in [0.29, 0.717) is 22.8 Å². The minimum absolute atomic E-state index is 0.150. The molecule has 2 aromatic rings. The number of carbonyl (C=O) groups is 1. The Balaban J connectivity index is 2.00. The quantitative estimate of drug-likeness (QED) is 0.822.